The van der Waals surface area contributed by atoms with Crippen LogP contribution in [0.15, 0.2) is 93.7 Å². The lowest BCUT2D eigenvalue weighted by Gasteiger charge is -2.36. The van der Waals surface area contributed by atoms with E-state index < -0.39 is 15.0 Å². The first-order valence-corrected chi connectivity index (χ1v) is 13.9. The summed E-state index contributed by atoms with van der Waals surface area (Å²) < 4.78 is 30.0. The van der Waals surface area contributed by atoms with Gasteiger partial charge in [0.05, 0.1) is 9.83 Å². The summed E-state index contributed by atoms with van der Waals surface area (Å²) in [6.45, 7) is 2.70. The van der Waals surface area contributed by atoms with Crippen molar-refractivity contribution in [3.8, 4) is 5.75 Å². The summed E-state index contributed by atoms with van der Waals surface area (Å²) in [4.78, 5) is 31.9. The molecule has 0 saturated carbocycles. The molecular formula is C26H22N4O6S2. The number of benzene rings is 3. The summed E-state index contributed by atoms with van der Waals surface area (Å²) in [5, 5.41) is 11.5. The highest BCUT2D eigenvalue weighted by molar-refractivity contribution is 8.18. The van der Waals surface area contributed by atoms with Gasteiger partial charge in [-0.1, -0.05) is 30.3 Å². The van der Waals surface area contributed by atoms with Gasteiger partial charge in [0, 0.05) is 44.0 Å². The molecule has 0 radical (unpaired) electrons. The average molecular weight is 551 g/mol. The number of piperazine rings is 1. The minimum Gasteiger partial charge on any atom is -0.379 e. The van der Waals surface area contributed by atoms with E-state index in [0.29, 0.717) is 41.8 Å². The predicted octanol–water partition coefficient (Wildman–Crippen LogP) is 4.16. The molecule has 12 heteroatoms. The van der Waals surface area contributed by atoms with E-state index in [4.69, 9.17) is 4.18 Å². The van der Waals surface area contributed by atoms with E-state index in [-0.39, 0.29) is 22.2 Å². The second-order valence-electron chi connectivity index (χ2n) is 8.48. The Hall–Kier alpha value is -4.16. The second kappa shape index (κ2) is 10.7. The van der Waals surface area contributed by atoms with Crippen LogP contribution in [0, 0.1) is 10.1 Å². The van der Waals surface area contributed by atoms with Crippen molar-refractivity contribution >= 4 is 50.4 Å². The maximum atomic E-state index is 12.5. The summed E-state index contributed by atoms with van der Waals surface area (Å²) >= 11 is 1.30. The van der Waals surface area contributed by atoms with Crippen molar-refractivity contribution in [3.63, 3.8) is 0 Å². The molecule has 0 aliphatic carbocycles. The van der Waals surface area contributed by atoms with Crippen LogP contribution in [-0.2, 0) is 14.9 Å². The van der Waals surface area contributed by atoms with Gasteiger partial charge in [-0.3, -0.25) is 14.9 Å². The van der Waals surface area contributed by atoms with Gasteiger partial charge in [-0.25, -0.2) is 0 Å². The number of nitrogens with zero attached hydrogens (tertiary/aromatic N) is 4. The maximum Gasteiger partial charge on any atom is 0.339 e. The lowest BCUT2D eigenvalue weighted by Crippen LogP contribution is -2.47. The topological polar surface area (TPSA) is 122 Å². The van der Waals surface area contributed by atoms with Crippen LogP contribution in [0.3, 0.4) is 0 Å². The van der Waals surface area contributed by atoms with Crippen LogP contribution in [-0.4, -0.2) is 55.5 Å². The molecule has 2 aliphatic heterocycles. The first-order chi connectivity index (χ1) is 18.3. The summed E-state index contributed by atoms with van der Waals surface area (Å²) in [5.74, 6) is -0.154. The summed E-state index contributed by atoms with van der Waals surface area (Å²) in [6, 6.07) is 20.8. The van der Waals surface area contributed by atoms with E-state index in [1.807, 2.05) is 0 Å². The van der Waals surface area contributed by atoms with Crippen molar-refractivity contribution in [1.82, 2.24) is 4.90 Å². The molecule has 1 saturated heterocycles. The lowest BCUT2D eigenvalue weighted by molar-refractivity contribution is -0.384. The molecule has 0 bridgehead atoms. The normalized spacial score (nSPS) is 17.0. The third-order valence-corrected chi connectivity index (χ3v) is 8.31. The van der Waals surface area contributed by atoms with Gasteiger partial charge in [0.2, 0.25) is 0 Å². The number of anilines is 1. The van der Waals surface area contributed by atoms with Crippen LogP contribution in [0.5, 0.6) is 5.75 Å². The number of amidine groups is 1. The first kappa shape index (κ1) is 25.5. The number of nitro groups is 1. The zero-order valence-electron chi connectivity index (χ0n) is 20.0. The highest BCUT2D eigenvalue weighted by Gasteiger charge is 2.28. The molecule has 0 aromatic heterocycles. The highest BCUT2D eigenvalue weighted by atomic mass is 32.2. The number of hydrogen-bond donors (Lipinski definition) is 0. The molecule has 0 N–H and O–H groups in total. The molecule has 3 aromatic rings. The Labute approximate surface area is 223 Å². The fraction of sp³-hybridized carbons (Fsp3) is 0.154. The first-order valence-electron chi connectivity index (χ1n) is 11.6. The molecule has 5 rings (SSSR count). The van der Waals surface area contributed by atoms with Crippen molar-refractivity contribution in [3.05, 3.63) is 99.4 Å². The SMILES string of the molecule is O=C1N=C(N2CCN(c3ccc([N+](=O)[O-])cc3)CC2)S/C1=C\c1ccc(OS(=O)(=O)c2ccccc2)cc1. The van der Waals surface area contributed by atoms with E-state index in [1.54, 1.807) is 48.5 Å². The average Bonchev–Trinajstić information content (AvgIpc) is 3.30. The van der Waals surface area contributed by atoms with E-state index in [2.05, 4.69) is 14.8 Å². The minimum absolute atomic E-state index is 0.0568. The monoisotopic (exact) mass is 550 g/mol. The third kappa shape index (κ3) is 5.71. The number of carbonyl (C=O) groups is 1. The van der Waals surface area contributed by atoms with Crippen LogP contribution in [0.4, 0.5) is 11.4 Å². The van der Waals surface area contributed by atoms with Crippen LogP contribution in [0.25, 0.3) is 6.08 Å². The van der Waals surface area contributed by atoms with Gasteiger partial charge in [-0.2, -0.15) is 13.4 Å². The molecule has 194 valence electrons. The van der Waals surface area contributed by atoms with Crippen LogP contribution >= 0.6 is 11.8 Å². The third-order valence-electron chi connectivity index (χ3n) is 6.00. The van der Waals surface area contributed by atoms with Gasteiger partial charge in [0.15, 0.2) is 5.17 Å². The standard InChI is InChI=1S/C26H22N4O6S2/c31-25-24(18-19-6-12-22(13-7-19)36-38(34,35)23-4-2-1-3-5-23)37-26(27-25)29-16-14-28(15-17-29)20-8-10-21(11-9-20)30(32)33/h1-13,18H,14-17H2/b24-18-. The Bertz CT molecular complexity index is 1510. The second-order valence-corrected chi connectivity index (χ2v) is 11.0. The van der Waals surface area contributed by atoms with Gasteiger partial charge in [-0.15, -0.1) is 0 Å². The number of nitro benzene ring substituents is 1. The molecule has 0 unspecified atom stereocenters. The lowest BCUT2D eigenvalue weighted by atomic mass is 10.2. The van der Waals surface area contributed by atoms with Crippen molar-refractivity contribution in [1.29, 1.82) is 0 Å². The Morgan fingerprint density at radius 3 is 2.16 bits per heavy atom. The van der Waals surface area contributed by atoms with Crippen LogP contribution < -0.4 is 9.08 Å². The molecular weight excluding hydrogens is 528 g/mol. The number of amides is 1. The van der Waals surface area contributed by atoms with E-state index in [1.165, 1.54) is 48.2 Å². The number of rotatable bonds is 6. The van der Waals surface area contributed by atoms with Crippen molar-refractivity contribution in [2.75, 3.05) is 31.1 Å². The summed E-state index contributed by atoms with van der Waals surface area (Å²) in [5.41, 5.74) is 1.68. The fourth-order valence-corrected chi connectivity index (χ4v) is 5.92. The molecule has 1 amide bonds. The number of aliphatic imine (C=N–C) groups is 1. The van der Waals surface area contributed by atoms with E-state index in [9.17, 15) is 23.3 Å². The van der Waals surface area contributed by atoms with Crippen molar-refractivity contribution in [2.24, 2.45) is 4.99 Å². The molecule has 10 nitrogen and oxygen atoms in total. The van der Waals surface area contributed by atoms with E-state index >= 15 is 0 Å². The molecule has 1 fully saturated rings. The predicted molar refractivity (Wildman–Crippen MR) is 146 cm³/mol. The molecule has 3 aromatic carbocycles. The van der Waals surface area contributed by atoms with Crippen LogP contribution in [0.2, 0.25) is 0 Å². The molecule has 0 atom stereocenters. The van der Waals surface area contributed by atoms with Crippen LogP contribution in [0.1, 0.15) is 5.56 Å². The van der Waals surface area contributed by atoms with Gasteiger partial charge < -0.3 is 14.0 Å². The molecule has 2 aliphatic rings. The summed E-state index contributed by atoms with van der Waals surface area (Å²) in [7, 11) is -3.93. The van der Waals surface area contributed by atoms with Gasteiger partial charge >= 0.3 is 10.1 Å². The Balaban J connectivity index is 1.18. The highest BCUT2D eigenvalue weighted by Crippen LogP contribution is 2.32. The summed E-state index contributed by atoms with van der Waals surface area (Å²) in [6.07, 6.45) is 1.71. The maximum absolute atomic E-state index is 12.5. The Morgan fingerprint density at radius 1 is 0.895 bits per heavy atom. The number of carbonyl (C=O) groups excluding carboxylic acids is 1. The molecule has 38 heavy (non-hydrogen) atoms. The minimum atomic E-state index is -3.93. The number of non-ortho nitro benzene ring substituents is 1. The number of thioether (sulfide) groups is 1. The zero-order chi connectivity index (χ0) is 26.7. The zero-order valence-corrected chi connectivity index (χ0v) is 21.6. The van der Waals surface area contributed by atoms with Crippen molar-refractivity contribution < 1.29 is 22.3 Å². The Kier molecular flexibility index (Phi) is 7.16. The van der Waals surface area contributed by atoms with Gasteiger partial charge in [-0.05, 0) is 59.8 Å². The van der Waals surface area contributed by atoms with Gasteiger partial charge in [0.1, 0.15) is 10.6 Å². The van der Waals surface area contributed by atoms with Crippen molar-refractivity contribution in [2.45, 2.75) is 4.90 Å². The molecule has 0 spiro atoms. The molecule has 2 heterocycles. The Morgan fingerprint density at radius 2 is 1.53 bits per heavy atom. The number of hydrogen-bond acceptors (Lipinski definition) is 9. The largest absolute Gasteiger partial charge is 0.379 e. The van der Waals surface area contributed by atoms with Gasteiger partial charge in [0.25, 0.3) is 11.6 Å². The van der Waals surface area contributed by atoms with E-state index in [0.717, 1.165) is 5.69 Å². The fourth-order valence-electron chi connectivity index (χ4n) is 4.01. The quantitative estimate of drug-likeness (QED) is 0.193. The smallest absolute Gasteiger partial charge is 0.339 e.